The van der Waals surface area contributed by atoms with Gasteiger partial charge in [-0.2, -0.15) is 5.10 Å². The van der Waals surface area contributed by atoms with E-state index in [0.717, 1.165) is 5.01 Å². The second kappa shape index (κ2) is 6.60. The number of hydrogen-bond acceptors (Lipinski definition) is 5. The van der Waals surface area contributed by atoms with Gasteiger partial charge in [-0.05, 0) is 37.3 Å². The zero-order chi connectivity index (χ0) is 18.9. The number of benzene rings is 2. The van der Waals surface area contributed by atoms with Gasteiger partial charge in [-0.15, -0.1) is 0 Å². The maximum atomic E-state index is 12.6. The maximum Gasteiger partial charge on any atom is 0.337 e. The van der Waals surface area contributed by atoms with Crippen LogP contribution in [0.15, 0.2) is 58.5 Å². The Morgan fingerprint density at radius 3 is 2.58 bits per heavy atom. The van der Waals surface area contributed by atoms with Crippen molar-refractivity contribution in [2.24, 2.45) is 5.10 Å². The summed E-state index contributed by atoms with van der Waals surface area (Å²) in [5.74, 6) is -1.49. The molecule has 9 heteroatoms. The van der Waals surface area contributed by atoms with E-state index in [-0.39, 0.29) is 28.5 Å². The minimum absolute atomic E-state index is 0.0449. The molecule has 1 aliphatic heterocycles. The zero-order valence-corrected chi connectivity index (χ0v) is 14.5. The van der Waals surface area contributed by atoms with Crippen LogP contribution in [-0.4, -0.2) is 31.1 Å². The molecule has 1 heterocycles. The van der Waals surface area contributed by atoms with E-state index in [4.69, 9.17) is 0 Å². The SMILES string of the molecule is CC1=NN(c2cccc(S(=O)(=O)Nc3ccccc3C(=O)O)c2)C(=O)C1. The lowest BCUT2D eigenvalue weighted by Gasteiger charge is -2.14. The van der Waals surface area contributed by atoms with Crippen LogP contribution in [0.4, 0.5) is 11.4 Å². The lowest BCUT2D eigenvalue weighted by atomic mass is 10.2. The van der Waals surface area contributed by atoms with E-state index in [1.54, 1.807) is 13.0 Å². The molecule has 0 unspecified atom stereocenters. The van der Waals surface area contributed by atoms with Gasteiger partial charge in [-0.1, -0.05) is 18.2 Å². The predicted octanol–water partition coefficient (Wildman–Crippen LogP) is 2.30. The first-order chi connectivity index (χ1) is 12.3. The Morgan fingerprint density at radius 1 is 1.19 bits per heavy atom. The molecule has 0 aliphatic carbocycles. The van der Waals surface area contributed by atoms with Gasteiger partial charge in [-0.25, -0.2) is 18.2 Å². The fourth-order valence-electron chi connectivity index (χ4n) is 2.50. The topological polar surface area (TPSA) is 116 Å². The molecule has 8 nitrogen and oxygen atoms in total. The molecule has 0 aromatic heterocycles. The summed E-state index contributed by atoms with van der Waals surface area (Å²) >= 11 is 0. The number of nitrogens with one attached hydrogen (secondary N) is 1. The molecule has 0 bridgehead atoms. The first-order valence-corrected chi connectivity index (χ1v) is 9.08. The zero-order valence-electron chi connectivity index (χ0n) is 13.7. The first-order valence-electron chi connectivity index (χ1n) is 7.60. The van der Waals surface area contributed by atoms with Gasteiger partial charge in [0.2, 0.25) is 0 Å². The fourth-order valence-corrected chi connectivity index (χ4v) is 3.62. The molecule has 3 rings (SSSR count). The van der Waals surface area contributed by atoms with Crippen LogP contribution >= 0.6 is 0 Å². The van der Waals surface area contributed by atoms with Gasteiger partial charge in [0.15, 0.2) is 0 Å². The molecule has 26 heavy (non-hydrogen) atoms. The largest absolute Gasteiger partial charge is 0.478 e. The van der Waals surface area contributed by atoms with Crippen molar-refractivity contribution in [1.29, 1.82) is 0 Å². The third kappa shape index (κ3) is 3.42. The summed E-state index contributed by atoms with van der Waals surface area (Å²) in [6, 6.07) is 11.4. The molecule has 0 fully saturated rings. The number of anilines is 2. The van der Waals surface area contributed by atoms with Gasteiger partial charge in [0.25, 0.3) is 15.9 Å². The third-order valence-corrected chi connectivity index (χ3v) is 5.05. The molecule has 0 saturated heterocycles. The lowest BCUT2D eigenvalue weighted by molar-refractivity contribution is -0.116. The van der Waals surface area contributed by atoms with Gasteiger partial charge in [0.1, 0.15) is 0 Å². The molecule has 134 valence electrons. The second-order valence-corrected chi connectivity index (χ2v) is 7.35. The molecule has 1 amide bonds. The van der Waals surface area contributed by atoms with Gasteiger partial charge in [0.05, 0.1) is 28.3 Å². The Hall–Kier alpha value is -3.20. The highest BCUT2D eigenvalue weighted by Crippen LogP contribution is 2.25. The number of carboxylic acids is 1. The Balaban J connectivity index is 1.95. The van der Waals surface area contributed by atoms with Crippen molar-refractivity contribution in [1.82, 2.24) is 0 Å². The lowest BCUT2D eigenvalue weighted by Crippen LogP contribution is -2.20. The van der Waals surface area contributed by atoms with E-state index in [0.29, 0.717) is 11.4 Å². The minimum atomic E-state index is -4.05. The summed E-state index contributed by atoms with van der Waals surface area (Å²) in [4.78, 5) is 23.1. The molecular formula is C17H15N3O5S. The predicted molar refractivity (Wildman–Crippen MR) is 95.9 cm³/mol. The Morgan fingerprint density at radius 2 is 1.92 bits per heavy atom. The molecule has 2 aromatic carbocycles. The number of nitrogens with zero attached hydrogens (tertiary/aromatic N) is 2. The van der Waals surface area contributed by atoms with Crippen LogP contribution in [0.2, 0.25) is 0 Å². The number of hydrogen-bond donors (Lipinski definition) is 2. The number of carbonyl (C=O) groups excluding carboxylic acids is 1. The molecule has 0 atom stereocenters. The van der Waals surface area contributed by atoms with Gasteiger partial charge in [0, 0.05) is 5.71 Å². The molecule has 1 aliphatic rings. The Labute approximate surface area is 149 Å². The highest BCUT2D eigenvalue weighted by atomic mass is 32.2. The molecule has 2 N–H and O–H groups in total. The minimum Gasteiger partial charge on any atom is -0.478 e. The number of rotatable bonds is 5. The van der Waals surface area contributed by atoms with Gasteiger partial charge >= 0.3 is 5.97 Å². The molecule has 0 spiro atoms. The summed E-state index contributed by atoms with van der Waals surface area (Å²) in [6.45, 7) is 1.71. The van der Waals surface area contributed by atoms with Crippen molar-refractivity contribution in [3.8, 4) is 0 Å². The van der Waals surface area contributed by atoms with Crippen LogP contribution in [0.3, 0.4) is 0 Å². The quantitative estimate of drug-likeness (QED) is 0.834. The van der Waals surface area contributed by atoms with Crippen molar-refractivity contribution in [3.63, 3.8) is 0 Å². The van der Waals surface area contributed by atoms with E-state index < -0.39 is 16.0 Å². The maximum absolute atomic E-state index is 12.6. The van der Waals surface area contributed by atoms with Crippen LogP contribution in [-0.2, 0) is 14.8 Å². The Bertz CT molecular complexity index is 1030. The number of carbonyl (C=O) groups is 2. The second-order valence-electron chi connectivity index (χ2n) is 5.67. The van der Waals surface area contributed by atoms with E-state index in [1.165, 1.54) is 42.5 Å². The highest BCUT2D eigenvalue weighted by Gasteiger charge is 2.25. The van der Waals surface area contributed by atoms with Crippen LogP contribution < -0.4 is 9.73 Å². The van der Waals surface area contributed by atoms with E-state index >= 15 is 0 Å². The highest BCUT2D eigenvalue weighted by molar-refractivity contribution is 7.92. The first kappa shape index (κ1) is 17.6. The number of sulfonamides is 1. The molecule has 0 saturated carbocycles. The monoisotopic (exact) mass is 373 g/mol. The fraction of sp³-hybridized carbons (Fsp3) is 0.118. The summed E-state index contributed by atoms with van der Waals surface area (Å²) in [5, 5.41) is 14.4. The number of para-hydroxylation sites is 1. The third-order valence-electron chi connectivity index (χ3n) is 3.69. The number of aromatic carboxylic acids is 1. The summed E-state index contributed by atoms with van der Waals surface area (Å²) in [5.41, 5.74) is 0.747. The van der Waals surface area contributed by atoms with Crippen LogP contribution in [0.1, 0.15) is 23.7 Å². The Kier molecular flexibility index (Phi) is 4.47. The van der Waals surface area contributed by atoms with E-state index in [1.807, 2.05) is 0 Å². The standard InChI is InChI=1S/C17H15N3O5S/c1-11-9-16(21)20(18-11)12-5-4-6-13(10-12)26(24,25)19-15-8-3-2-7-14(15)17(22)23/h2-8,10,19H,9H2,1H3,(H,22,23). The van der Waals surface area contributed by atoms with Crippen LogP contribution in [0.25, 0.3) is 0 Å². The van der Waals surface area contributed by atoms with E-state index in [2.05, 4.69) is 9.82 Å². The summed E-state index contributed by atoms with van der Waals surface area (Å²) < 4.78 is 27.6. The smallest absolute Gasteiger partial charge is 0.337 e. The summed E-state index contributed by atoms with van der Waals surface area (Å²) in [6.07, 6.45) is 0.182. The molecule has 0 radical (unpaired) electrons. The van der Waals surface area contributed by atoms with Crippen LogP contribution in [0, 0.1) is 0 Å². The van der Waals surface area contributed by atoms with Crippen molar-refractivity contribution >= 4 is 39.0 Å². The average Bonchev–Trinajstić information content (AvgIpc) is 2.93. The average molecular weight is 373 g/mol. The number of carboxylic acid groups (broad SMARTS) is 1. The molecule has 2 aromatic rings. The van der Waals surface area contributed by atoms with E-state index in [9.17, 15) is 23.1 Å². The van der Waals surface area contributed by atoms with Gasteiger partial charge < -0.3 is 5.11 Å². The normalized spacial score (nSPS) is 14.3. The van der Waals surface area contributed by atoms with Crippen molar-refractivity contribution in [2.75, 3.05) is 9.73 Å². The summed E-state index contributed by atoms with van der Waals surface area (Å²) in [7, 11) is -4.05. The number of amides is 1. The van der Waals surface area contributed by atoms with Crippen molar-refractivity contribution in [3.05, 3.63) is 54.1 Å². The molecular weight excluding hydrogens is 358 g/mol. The van der Waals surface area contributed by atoms with Crippen LogP contribution in [0.5, 0.6) is 0 Å². The van der Waals surface area contributed by atoms with Crippen molar-refractivity contribution < 1.29 is 23.1 Å². The van der Waals surface area contributed by atoms with Gasteiger partial charge in [-0.3, -0.25) is 9.52 Å². The van der Waals surface area contributed by atoms with Crippen molar-refractivity contribution in [2.45, 2.75) is 18.2 Å². The number of hydrazone groups is 1.